The van der Waals surface area contributed by atoms with E-state index in [0.29, 0.717) is 5.92 Å². The molecule has 3 heteroatoms. The normalized spacial score (nSPS) is 30.0. The summed E-state index contributed by atoms with van der Waals surface area (Å²) in [6.07, 6.45) is 1.65. The Bertz CT molecular complexity index is 221. The van der Waals surface area contributed by atoms with Gasteiger partial charge < -0.3 is 10.4 Å². The highest BCUT2D eigenvalue weighted by Crippen LogP contribution is 2.21. The molecule has 0 radical (unpaired) electrons. The average Bonchev–Trinajstić information content (AvgIpc) is 1.96. The van der Waals surface area contributed by atoms with E-state index in [1.54, 1.807) is 6.08 Å². The van der Waals surface area contributed by atoms with Gasteiger partial charge in [-0.05, 0) is 18.9 Å². The zero-order valence-corrected chi connectivity index (χ0v) is 7.66. The average molecular weight is 169 g/mol. The summed E-state index contributed by atoms with van der Waals surface area (Å²) in [4.78, 5) is 10.9. The number of aliphatic hydroxyl groups is 1. The van der Waals surface area contributed by atoms with E-state index in [9.17, 15) is 4.79 Å². The van der Waals surface area contributed by atoms with E-state index in [2.05, 4.69) is 19.2 Å². The third-order valence-electron chi connectivity index (χ3n) is 2.29. The van der Waals surface area contributed by atoms with Crippen molar-refractivity contribution in [2.45, 2.75) is 26.8 Å². The molecule has 12 heavy (non-hydrogen) atoms. The highest BCUT2D eigenvalue weighted by Gasteiger charge is 2.27. The number of carbonyl (C=O) groups excluding carboxylic acids is 1. The van der Waals surface area contributed by atoms with Crippen LogP contribution in [-0.2, 0) is 4.79 Å². The molecule has 1 rings (SSSR count). The van der Waals surface area contributed by atoms with Crippen LogP contribution >= 0.6 is 0 Å². The molecule has 0 saturated carbocycles. The van der Waals surface area contributed by atoms with Crippen LogP contribution in [0.5, 0.6) is 0 Å². The maximum Gasteiger partial charge on any atom is 0.286 e. The molecule has 1 aliphatic rings. The Labute approximate surface area is 72.5 Å². The number of rotatable bonds is 1. The van der Waals surface area contributed by atoms with Crippen molar-refractivity contribution in [3.8, 4) is 0 Å². The predicted octanol–water partition coefficient (Wildman–Crippen LogP) is 1.22. The van der Waals surface area contributed by atoms with Gasteiger partial charge in [0, 0.05) is 12.0 Å². The smallest absolute Gasteiger partial charge is 0.286 e. The van der Waals surface area contributed by atoms with Crippen LogP contribution in [0.15, 0.2) is 11.8 Å². The summed E-state index contributed by atoms with van der Waals surface area (Å²) in [5.41, 5.74) is 0. The minimum atomic E-state index is -0.362. The fourth-order valence-electron chi connectivity index (χ4n) is 1.55. The van der Waals surface area contributed by atoms with Crippen molar-refractivity contribution in [3.63, 3.8) is 0 Å². The number of aliphatic hydroxyl groups excluding tert-OH is 1. The van der Waals surface area contributed by atoms with E-state index >= 15 is 0 Å². The van der Waals surface area contributed by atoms with Gasteiger partial charge in [-0.3, -0.25) is 4.79 Å². The second-order valence-electron chi connectivity index (χ2n) is 3.64. The molecule has 0 saturated heterocycles. The Morgan fingerprint density at radius 2 is 2.17 bits per heavy atom. The third-order valence-corrected chi connectivity index (χ3v) is 2.29. The molecule has 1 aliphatic heterocycles. The predicted molar refractivity (Wildman–Crippen MR) is 46.6 cm³/mol. The number of amides is 1. The van der Waals surface area contributed by atoms with Gasteiger partial charge in [0.15, 0.2) is 5.76 Å². The molecule has 0 aromatic carbocycles. The first-order valence-electron chi connectivity index (χ1n) is 4.24. The van der Waals surface area contributed by atoms with Crippen molar-refractivity contribution in [1.29, 1.82) is 0 Å². The van der Waals surface area contributed by atoms with Gasteiger partial charge in [-0.1, -0.05) is 13.8 Å². The van der Waals surface area contributed by atoms with Crippen LogP contribution in [0.2, 0.25) is 0 Å². The van der Waals surface area contributed by atoms with Crippen LogP contribution in [0, 0.1) is 11.8 Å². The molecular weight excluding hydrogens is 154 g/mol. The number of carbonyl (C=O) groups is 1. The van der Waals surface area contributed by atoms with Gasteiger partial charge in [-0.2, -0.15) is 0 Å². The minimum absolute atomic E-state index is 0.119. The minimum Gasteiger partial charge on any atom is -0.503 e. The van der Waals surface area contributed by atoms with Crippen molar-refractivity contribution in [3.05, 3.63) is 11.8 Å². The first-order chi connectivity index (χ1) is 5.52. The fraction of sp³-hybridized carbons (Fsp3) is 0.667. The molecule has 3 nitrogen and oxygen atoms in total. The van der Waals surface area contributed by atoms with Crippen LogP contribution in [0.25, 0.3) is 0 Å². The van der Waals surface area contributed by atoms with E-state index in [0.717, 1.165) is 0 Å². The topological polar surface area (TPSA) is 49.3 Å². The number of hydrogen-bond acceptors (Lipinski definition) is 2. The zero-order valence-electron chi connectivity index (χ0n) is 7.66. The lowest BCUT2D eigenvalue weighted by Crippen LogP contribution is -2.44. The highest BCUT2D eigenvalue weighted by atomic mass is 16.3. The molecule has 0 aromatic heterocycles. The summed E-state index contributed by atoms with van der Waals surface area (Å²) < 4.78 is 0. The SMILES string of the molecule is CC(C)C1C=C(O)C(=O)NC1C. The van der Waals surface area contributed by atoms with Gasteiger partial charge in [0.25, 0.3) is 5.91 Å². The maximum atomic E-state index is 10.9. The third kappa shape index (κ3) is 1.60. The molecule has 0 aliphatic carbocycles. The van der Waals surface area contributed by atoms with Crippen molar-refractivity contribution >= 4 is 5.91 Å². The van der Waals surface area contributed by atoms with Crippen LogP contribution in [0.1, 0.15) is 20.8 Å². The molecule has 1 heterocycles. The molecule has 68 valence electrons. The highest BCUT2D eigenvalue weighted by molar-refractivity contribution is 5.92. The van der Waals surface area contributed by atoms with E-state index in [1.165, 1.54) is 0 Å². The van der Waals surface area contributed by atoms with Crippen LogP contribution in [-0.4, -0.2) is 17.1 Å². The largest absolute Gasteiger partial charge is 0.503 e. The molecule has 2 unspecified atom stereocenters. The monoisotopic (exact) mass is 169 g/mol. The second-order valence-corrected chi connectivity index (χ2v) is 3.64. The Morgan fingerprint density at radius 1 is 1.58 bits per heavy atom. The zero-order chi connectivity index (χ0) is 9.30. The second kappa shape index (κ2) is 3.17. The molecule has 0 aromatic rings. The fourth-order valence-corrected chi connectivity index (χ4v) is 1.55. The first kappa shape index (κ1) is 9.10. The maximum absolute atomic E-state index is 10.9. The lowest BCUT2D eigenvalue weighted by atomic mass is 9.86. The van der Waals surface area contributed by atoms with Crippen molar-refractivity contribution < 1.29 is 9.90 Å². The van der Waals surface area contributed by atoms with Gasteiger partial charge in [0.05, 0.1) is 0 Å². The molecule has 0 spiro atoms. The summed E-state index contributed by atoms with van der Waals surface area (Å²) in [7, 11) is 0. The Hall–Kier alpha value is -0.990. The Morgan fingerprint density at radius 3 is 2.67 bits per heavy atom. The Kier molecular flexibility index (Phi) is 2.40. The Balaban J connectivity index is 2.83. The summed E-state index contributed by atoms with van der Waals surface area (Å²) >= 11 is 0. The summed E-state index contributed by atoms with van der Waals surface area (Å²) in [5, 5.41) is 11.9. The lowest BCUT2D eigenvalue weighted by Gasteiger charge is -2.29. The molecule has 1 amide bonds. The van der Waals surface area contributed by atoms with Gasteiger partial charge in [0.2, 0.25) is 0 Å². The van der Waals surface area contributed by atoms with Crippen LogP contribution in [0.4, 0.5) is 0 Å². The van der Waals surface area contributed by atoms with Crippen molar-refractivity contribution in [2.75, 3.05) is 0 Å². The van der Waals surface area contributed by atoms with E-state index in [4.69, 9.17) is 5.11 Å². The summed E-state index contributed by atoms with van der Waals surface area (Å²) in [5.74, 6) is 0.164. The van der Waals surface area contributed by atoms with E-state index < -0.39 is 0 Å². The molecule has 0 bridgehead atoms. The van der Waals surface area contributed by atoms with Crippen molar-refractivity contribution in [2.24, 2.45) is 11.8 Å². The van der Waals surface area contributed by atoms with Gasteiger partial charge in [-0.25, -0.2) is 0 Å². The standard InChI is InChI=1S/C9H15NO2/c1-5(2)7-4-8(11)9(12)10-6(7)3/h4-7,11H,1-3H3,(H,10,12). The van der Waals surface area contributed by atoms with Crippen LogP contribution < -0.4 is 5.32 Å². The van der Waals surface area contributed by atoms with Crippen molar-refractivity contribution in [1.82, 2.24) is 5.32 Å². The quantitative estimate of drug-likeness (QED) is 0.620. The molecule has 0 fully saturated rings. The van der Waals surface area contributed by atoms with Crippen LogP contribution in [0.3, 0.4) is 0 Å². The van der Waals surface area contributed by atoms with E-state index in [1.807, 2.05) is 6.92 Å². The van der Waals surface area contributed by atoms with Gasteiger partial charge in [0.1, 0.15) is 0 Å². The molecule has 2 atom stereocenters. The molecular formula is C9H15NO2. The molecule has 2 N–H and O–H groups in total. The van der Waals surface area contributed by atoms with Gasteiger partial charge >= 0.3 is 0 Å². The van der Waals surface area contributed by atoms with Gasteiger partial charge in [-0.15, -0.1) is 0 Å². The lowest BCUT2D eigenvalue weighted by molar-refractivity contribution is -0.121. The van der Waals surface area contributed by atoms with E-state index in [-0.39, 0.29) is 23.6 Å². The number of hydrogen-bond donors (Lipinski definition) is 2. The summed E-state index contributed by atoms with van der Waals surface area (Å²) in [6.45, 7) is 6.09. The first-order valence-corrected chi connectivity index (χ1v) is 4.24. The number of nitrogens with one attached hydrogen (secondary N) is 1. The summed E-state index contributed by atoms with van der Waals surface area (Å²) in [6, 6.07) is 0.119.